The summed E-state index contributed by atoms with van der Waals surface area (Å²) in [6, 6.07) is 9.06. The molecule has 0 aromatic heterocycles. The van der Waals surface area contributed by atoms with Crippen LogP contribution in [0.25, 0.3) is 17.2 Å². The molecule has 6 rings (SSSR count). The summed E-state index contributed by atoms with van der Waals surface area (Å²) in [5.41, 5.74) is 0.872. The van der Waals surface area contributed by atoms with Crippen LogP contribution in [0.4, 0.5) is 13.2 Å². The fourth-order valence-electron chi connectivity index (χ4n) is 6.87. The van der Waals surface area contributed by atoms with Gasteiger partial charge < -0.3 is 5.11 Å². The first-order valence-corrected chi connectivity index (χ1v) is 10.9. The maximum Gasteiger partial charge on any atom is 0.417 e. The summed E-state index contributed by atoms with van der Waals surface area (Å²) in [4.78, 5) is 10.5. The van der Waals surface area contributed by atoms with E-state index < -0.39 is 11.7 Å². The summed E-state index contributed by atoms with van der Waals surface area (Å²) >= 11 is 0. The molecule has 4 aliphatic rings. The predicted molar refractivity (Wildman–Crippen MR) is 113 cm³/mol. The third kappa shape index (κ3) is 3.58. The number of rotatable bonds is 4. The van der Waals surface area contributed by atoms with Gasteiger partial charge >= 0.3 is 6.18 Å². The smallest absolute Gasteiger partial charge is 0.417 e. The van der Waals surface area contributed by atoms with Gasteiger partial charge in [0, 0.05) is 5.56 Å². The van der Waals surface area contributed by atoms with Crippen LogP contribution < -0.4 is 0 Å². The molecule has 162 valence electrons. The lowest BCUT2D eigenvalue weighted by atomic mass is 9.48. The number of benzene rings is 2. The Bertz CT molecular complexity index is 1020. The Labute approximate surface area is 179 Å². The maximum atomic E-state index is 13.9. The third-order valence-electron chi connectivity index (χ3n) is 7.63. The van der Waals surface area contributed by atoms with Crippen LogP contribution in [0.2, 0.25) is 0 Å². The van der Waals surface area contributed by atoms with Gasteiger partial charge in [-0.25, -0.2) is 0 Å². The molecular weight excluding hydrogens is 401 g/mol. The van der Waals surface area contributed by atoms with Crippen LogP contribution in [-0.2, 0) is 16.4 Å². The van der Waals surface area contributed by atoms with Crippen LogP contribution in [0.3, 0.4) is 0 Å². The van der Waals surface area contributed by atoms with E-state index in [0.717, 1.165) is 30.9 Å². The Morgan fingerprint density at radius 3 is 2.16 bits per heavy atom. The molecule has 1 N–H and O–H groups in total. The van der Waals surface area contributed by atoms with Gasteiger partial charge in [-0.05, 0) is 103 Å². The zero-order valence-corrected chi connectivity index (χ0v) is 17.2. The van der Waals surface area contributed by atoms with Crippen molar-refractivity contribution < 1.29 is 23.1 Å². The Kier molecular flexibility index (Phi) is 4.76. The minimum atomic E-state index is -4.53. The molecule has 0 heterocycles. The van der Waals surface area contributed by atoms with Gasteiger partial charge in [0.1, 0.15) is 12.0 Å². The molecule has 4 aliphatic carbocycles. The van der Waals surface area contributed by atoms with Gasteiger partial charge in [0.2, 0.25) is 0 Å². The average Bonchev–Trinajstić information content (AvgIpc) is 2.71. The highest BCUT2D eigenvalue weighted by atomic mass is 19.4. The lowest BCUT2D eigenvalue weighted by Crippen LogP contribution is -2.48. The largest absolute Gasteiger partial charge is 0.508 e. The zero-order valence-electron chi connectivity index (χ0n) is 17.2. The van der Waals surface area contributed by atoms with E-state index in [2.05, 4.69) is 0 Å². The van der Waals surface area contributed by atoms with E-state index in [1.165, 1.54) is 37.5 Å². The van der Waals surface area contributed by atoms with Gasteiger partial charge in [-0.2, -0.15) is 13.2 Å². The van der Waals surface area contributed by atoms with Crippen molar-refractivity contribution in [1.82, 2.24) is 0 Å². The van der Waals surface area contributed by atoms with Crippen molar-refractivity contribution in [3.05, 3.63) is 59.2 Å². The van der Waals surface area contributed by atoms with E-state index in [0.29, 0.717) is 35.2 Å². The summed E-state index contributed by atoms with van der Waals surface area (Å²) in [6.07, 6.45) is 5.41. The fraction of sp³-hybridized carbons (Fsp3) is 0.423. The molecule has 0 radical (unpaired) electrons. The Morgan fingerprint density at radius 2 is 1.58 bits per heavy atom. The first kappa shape index (κ1) is 20.3. The van der Waals surface area contributed by atoms with E-state index in [-0.39, 0.29) is 16.7 Å². The van der Waals surface area contributed by atoms with Gasteiger partial charge in [0.05, 0.1) is 5.56 Å². The summed E-state index contributed by atoms with van der Waals surface area (Å²) in [5, 5.41) is 10.7. The topological polar surface area (TPSA) is 37.3 Å². The number of hydrogen-bond acceptors (Lipinski definition) is 2. The highest BCUT2D eigenvalue weighted by molar-refractivity contribution is 5.76. The van der Waals surface area contributed by atoms with Crippen LogP contribution >= 0.6 is 0 Å². The average molecular weight is 426 g/mol. The van der Waals surface area contributed by atoms with Gasteiger partial charge in [0.15, 0.2) is 0 Å². The van der Waals surface area contributed by atoms with Crippen LogP contribution in [-0.4, -0.2) is 11.4 Å². The number of carbonyl (C=O) groups is 1. The zero-order chi connectivity index (χ0) is 21.8. The molecule has 0 aliphatic heterocycles. The molecule has 2 aromatic rings. The number of alkyl halides is 3. The van der Waals surface area contributed by atoms with Gasteiger partial charge in [-0.15, -0.1) is 0 Å². The molecule has 0 unspecified atom stereocenters. The van der Waals surface area contributed by atoms with Gasteiger partial charge in [-0.3, -0.25) is 4.79 Å². The molecule has 0 spiro atoms. The van der Waals surface area contributed by atoms with E-state index >= 15 is 0 Å². The number of aldehydes is 1. The number of phenolic OH excluding ortho intramolecular Hbond substituents is 1. The standard InChI is InChI=1S/C26H25F3O2/c27-26(28,29)22-11-16(2-1-7-30)3-5-21(22)20-4-6-24(31)23(12-20)25-13-17-8-18(14-25)10-19(9-17)15-25/h1-7,11-12,17-19,31H,8-10,13-15H2/b2-1+. The number of hydrogen-bond donors (Lipinski definition) is 1. The second-order valence-electron chi connectivity index (χ2n) is 9.73. The van der Waals surface area contributed by atoms with Crippen molar-refractivity contribution in [3.8, 4) is 16.9 Å². The minimum Gasteiger partial charge on any atom is -0.508 e. The van der Waals surface area contributed by atoms with Crippen molar-refractivity contribution in [3.63, 3.8) is 0 Å². The van der Waals surface area contributed by atoms with Gasteiger partial charge in [0.25, 0.3) is 0 Å². The second-order valence-corrected chi connectivity index (χ2v) is 9.73. The van der Waals surface area contributed by atoms with Crippen LogP contribution in [0.5, 0.6) is 5.75 Å². The first-order valence-electron chi connectivity index (χ1n) is 10.9. The Balaban J connectivity index is 1.60. The van der Waals surface area contributed by atoms with Crippen molar-refractivity contribution >= 4 is 12.4 Å². The molecule has 4 fully saturated rings. The summed E-state index contributed by atoms with van der Waals surface area (Å²) in [7, 11) is 0. The van der Waals surface area contributed by atoms with Gasteiger partial charge in [-0.1, -0.05) is 24.3 Å². The Hall–Kier alpha value is -2.56. The molecule has 0 saturated heterocycles. The van der Waals surface area contributed by atoms with Crippen LogP contribution in [0, 0.1) is 17.8 Å². The molecule has 4 bridgehead atoms. The van der Waals surface area contributed by atoms with Crippen LogP contribution in [0.1, 0.15) is 55.2 Å². The summed E-state index contributed by atoms with van der Waals surface area (Å²) < 4.78 is 41.7. The SMILES string of the molecule is O=C/C=C/c1ccc(-c2ccc(O)c(C34CC5CC(CC(C5)C3)C4)c2)c(C(F)(F)F)c1. The molecule has 5 heteroatoms. The number of halogens is 3. The molecule has 4 saturated carbocycles. The van der Waals surface area contributed by atoms with Crippen molar-refractivity contribution in [2.75, 3.05) is 0 Å². The van der Waals surface area contributed by atoms with Crippen molar-refractivity contribution in [2.24, 2.45) is 17.8 Å². The predicted octanol–water partition coefficient (Wildman–Crippen LogP) is 6.76. The molecule has 2 aromatic carbocycles. The number of phenols is 1. The molecular formula is C26H25F3O2. The minimum absolute atomic E-state index is 0.0988. The number of carbonyl (C=O) groups excluding carboxylic acids is 1. The second kappa shape index (κ2) is 7.25. The number of allylic oxidation sites excluding steroid dienone is 1. The Morgan fingerprint density at radius 1 is 0.935 bits per heavy atom. The number of aromatic hydroxyl groups is 1. The molecule has 0 amide bonds. The monoisotopic (exact) mass is 426 g/mol. The normalized spacial score (nSPS) is 29.6. The van der Waals surface area contributed by atoms with E-state index in [1.807, 2.05) is 0 Å². The first-order chi connectivity index (χ1) is 14.8. The molecule has 31 heavy (non-hydrogen) atoms. The van der Waals surface area contributed by atoms with Crippen molar-refractivity contribution in [2.45, 2.75) is 50.1 Å². The maximum absolute atomic E-state index is 13.9. The lowest BCUT2D eigenvalue weighted by molar-refractivity contribution is -0.137. The quantitative estimate of drug-likeness (QED) is 0.433. The van der Waals surface area contributed by atoms with E-state index in [4.69, 9.17) is 0 Å². The van der Waals surface area contributed by atoms with Crippen molar-refractivity contribution in [1.29, 1.82) is 0 Å². The summed E-state index contributed by atoms with van der Waals surface area (Å²) in [5.74, 6) is 2.21. The van der Waals surface area contributed by atoms with E-state index in [1.54, 1.807) is 24.3 Å². The van der Waals surface area contributed by atoms with Crippen LogP contribution in [0.15, 0.2) is 42.5 Å². The highest BCUT2D eigenvalue weighted by Crippen LogP contribution is 2.62. The van der Waals surface area contributed by atoms with E-state index in [9.17, 15) is 23.1 Å². The lowest BCUT2D eigenvalue weighted by Gasteiger charge is -2.57. The molecule has 2 nitrogen and oxygen atoms in total. The summed E-state index contributed by atoms with van der Waals surface area (Å²) in [6.45, 7) is 0. The molecule has 0 atom stereocenters. The third-order valence-corrected chi connectivity index (χ3v) is 7.63. The highest BCUT2D eigenvalue weighted by Gasteiger charge is 2.52. The fourth-order valence-corrected chi connectivity index (χ4v) is 6.87.